The van der Waals surface area contributed by atoms with E-state index in [4.69, 9.17) is 0 Å². The number of rotatable bonds is 3. The fraction of sp³-hybridized carbons (Fsp3) is 0.667. The number of H-pyrrole nitrogens is 1. The van der Waals surface area contributed by atoms with E-state index in [9.17, 15) is 9.59 Å². The molecule has 0 unspecified atom stereocenters. The maximum absolute atomic E-state index is 12.2. The topological polar surface area (TPSA) is 66.1 Å². The summed E-state index contributed by atoms with van der Waals surface area (Å²) in [5.41, 5.74) is 1.25. The molecule has 0 saturated carbocycles. The van der Waals surface area contributed by atoms with E-state index in [0.29, 0.717) is 30.1 Å². The summed E-state index contributed by atoms with van der Waals surface area (Å²) in [6, 6.07) is 0. The van der Waals surface area contributed by atoms with E-state index in [2.05, 4.69) is 16.9 Å². The minimum absolute atomic E-state index is 0.116. The number of carbonyl (C=O) groups is 1. The zero-order valence-electron chi connectivity index (χ0n) is 12.5. The van der Waals surface area contributed by atoms with Crippen LogP contribution in [0.4, 0.5) is 0 Å². The Kier molecular flexibility index (Phi) is 4.57. The first-order valence-corrected chi connectivity index (χ1v) is 7.31. The van der Waals surface area contributed by atoms with Crippen molar-refractivity contribution in [2.45, 2.75) is 46.5 Å². The molecule has 110 valence electrons. The van der Waals surface area contributed by atoms with Crippen LogP contribution in [0.15, 0.2) is 4.79 Å². The Labute approximate surface area is 119 Å². The molecule has 5 heteroatoms. The number of aromatic nitrogens is 2. The molecule has 1 N–H and O–H groups in total. The summed E-state index contributed by atoms with van der Waals surface area (Å²) in [5, 5.41) is 0. The summed E-state index contributed by atoms with van der Waals surface area (Å²) in [6.45, 7) is 7.51. The lowest BCUT2D eigenvalue weighted by atomic mass is 9.98. The molecule has 1 fully saturated rings. The van der Waals surface area contributed by atoms with Gasteiger partial charge >= 0.3 is 0 Å². The van der Waals surface area contributed by atoms with Crippen LogP contribution >= 0.6 is 0 Å². The van der Waals surface area contributed by atoms with Crippen molar-refractivity contribution >= 4 is 5.91 Å². The van der Waals surface area contributed by atoms with E-state index in [1.54, 1.807) is 6.92 Å². The number of nitrogens with zero attached hydrogens (tertiary/aromatic N) is 2. The van der Waals surface area contributed by atoms with Crippen LogP contribution in [-0.4, -0.2) is 33.9 Å². The Morgan fingerprint density at radius 3 is 2.60 bits per heavy atom. The van der Waals surface area contributed by atoms with Crippen molar-refractivity contribution in [3.63, 3.8) is 0 Å². The molecule has 0 aromatic carbocycles. The molecule has 0 atom stereocenters. The fourth-order valence-electron chi connectivity index (χ4n) is 2.69. The molecule has 1 amide bonds. The summed E-state index contributed by atoms with van der Waals surface area (Å²) >= 11 is 0. The van der Waals surface area contributed by atoms with Gasteiger partial charge in [0.15, 0.2) is 0 Å². The Morgan fingerprint density at radius 1 is 1.35 bits per heavy atom. The van der Waals surface area contributed by atoms with Crippen molar-refractivity contribution in [1.82, 2.24) is 14.9 Å². The Hall–Kier alpha value is -1.65. The largest absolute Gasteiger partial charge is 0.343 e. The molecule has 1 aliphatic heterocycles. The average Bonchev–Trinajstić information content (AvgIpc) is 2.38. The summed E-state index contributed by atoms with van der Waals surface area (Å²) in [6.07, 6.45) is 3.03. The van der Waals surface area contributed by atoms with Gasteiger partial charge in [0.25, 0.3) is 5.56 Å². The van der Waals surface area contributed by atoms with Crippen LogP contribution in [0.25, 0.3) is 0 Å². The molecule has 1 aliphatic rings. The quantitative estimate of drug-likeness (QED) is 0.912. The normalized spacial score (nSPS) is 16.4. The first-order chi connectivity index (χ1) is 9.47. The first-order valence-electron chi connectivity index (χ1n) is 7.31. The van der Waals surface area contributed by atoms with Gasteiger partial charge in [-0.3, -0.25) is 9.59 Å². The van der Waals surface area contributed by atoms with Gasteiger partial charge in [-0.2, -0.15) is 0 Å². The molecule has 0 spiro atoms. The second-order valence-corrected chi connectivity index (χ2v) is 5.78. The number of aryl methyl sites for hydroxylation is 2. The van der Waals surface area contributed by atoms with Gasteiger partial charge in [-0.15, -0.1) is 0 Å². The van der Waals surface area contributed by atoms with Crippen molar-refractivity contribution in [3.8, 4) is 0 Å². The summed E-state index contributed by atoms with van der Waals surface area (Å²) in [4.78, 5) is 32.9. The van der Waals surface area contributed by atoms with Gasteiger partial charge in [-0.1, -0.05) is 6.92 Å². The summed E-state index contributed by atoms with van der Waals surface area (Å²) in [7, 11) is 0. The highest BCUT2D eigenvalue weighted by Crippen LogP contribution is 2.17. The predicted molar refractivity (Wildman–Crippen MR) is 77.6 cm³/mol. The van der Waals surface area contributed by atoms with Crippen LogP contribution in [0.2, 0.25) is 0 Å². The third kappa shape index (κ3) is 3.46. The maximum Gasteiger partial charge on any atom is 0.254 e. The zero-order chi connectivity index (χ0) is 14.7. The Bertz CT molecular complexity index is 543. The molecular formula is C15H23N3O2. The van der Waals surface area contributed by atoms with Gasteiger partial charge < -0.3 is 9.88 Å². The van der Waals surface area contributed by atoms with Crippen LogP contribution < -0.4 is 5.56 Å². The molecule has 0 aliphatic carbocycles. The third-order valence-corrected chi connectivity index (χ3v) is 4.07. The molecule has 1 aromatic heterocycles. The van der Waals surface area contributed by atoms with Crippen LogP contribution in [-0.2, 0) is 11.2 Å². The summed E-state index contributed by atoms with van der Waals surface area (Å²) in [5.74, 6) is 1.48. The number of piperidine rings is 1. The van der Waals surface area contributed by atoms with E-state index < -0.39 is 0 Å². The van der Waals surface area contributed by atoms with Crippen LogP contribution in [0.3, 0.4) is 0 Å². The lowest BCUT2D eigenvalue weighted by Gasteiger charge is -2.30. The Morgan fingerprint density at radius 2 is 2.00 bits per heavy atom. The first kappa shape index (κ1) is 14.8. The van der Waals surface area contributed by atoms with E-state index in [1.807, 2.05) is 11.8 Å². The highest BCUT2D eigenvalue weighted by molar-refractivity contribution is 5.76. The smallest absolute Gasteiger partial charge is 0.254 e. The van der Waals surface area contributed by atoms with Crippen LogP contribution in [0.1, 0.15) is 43.3 Å². The number of aromatic amines is 1. The van der Waals surface area contributed by atoms with Crippen molar-refractivity contribution in [3.05, 3.63) is 27.4 Å². The highest BCUT2D eigenvalue weighted by Gasteiger charge is 2.20. The third-order valence-electron chi connectivity index (χ3n) is 4.07. The molecule has 5 nitrogen and oxygen atoms in total. The van der Waals surface area contributed by atoms with Crippen LogP contribution in [0, 0.1) is 19.8 Å². The van der Waals surface area contributed by atoms with E-state index in [1.165, 1.54) is 0 Å². The van der Waals surface area contributed by atoms with Gasteiger partial charge in [0.2, 0.25) is 5.91 Å². The van der Waals surface area contributed by atoms with E-state index in [0.717, 1.165) is 31.6 Å². The predicted octanol–water partition coefficient (Wildman–Crippen LogP) is 1.58. The highest BCUT2D eigenvalue weighted by atomic mass is 16.2. The van der Waals surface area contributed by atoms with Crippen molar-refractivity contribution < 1.29 is 4.79 Å². The summed E-state index contributed by atoms with van der Waals surface area (Å²) < 4.78 is 0. The number of nitrogens with one attached hydrogen (secondary N) is 1. The number of carbonyl (C=O) groups excluding carboxylic acids is 1. The molecule has 2 rings (SSSR count). The molecular weight excluding hydrogens is 254 g/mol. The average molecular weight is 277 g/mol. The second kappa shape index (κ2) is 6.20. The van der Waals surface area contributed by atoms with Crippen LogP contribution in [0.5, 0.6) is 0 Å². The van der Waals surface area contributed by atoms with E-state index in [-0.39, 0.29) is 11.5 Å². The van der Waals surface area contributed by atoms with Gasteiger partial charge in [0, 0.05) is 30.8 Å². The van der Waals surface area contributed by atoms with Gasteiger partial charge in [0.1, 0.15) is 5.82 Å². The number of amides is 1. The monoisotopic (exact) mass is 277 g/mol. The number of likely N-dealkylation sites (tertiary alicyclic amines) is 1. The van der Waals surface area contributed by atoms with Gasteiger partial charge in [0.05, 0.1) is 0 Å². The molecule has 1 saturated heterocycles. The minimum Gasteiger partial charge on any atom is -0.343 e. The lowest BCUT2D eigenvalue weighted by Crippen LogP contribution is -2.38. The number of hydrogen-bond acceptors (Lipinski definition) is 3. The van der Waals surface area contributed by atoms with Crippen molar-refractivity contribution in [1.29, 1.82) is 0 Å². The standard InChI is InChI=1S/C15H23N3O2/c1-10-6-8-18(9-7-10)14(19)5-4-13-11(2)16-12(3)17-15(13)20/h10H,4-9H2,1-3H3,(H,16,17,20). The van der Waals surface area contributed by atoms with Crippen molar-refractivity contribution in [2.24, 2.45) is 5.92 Å². The minimum atomic E-state index is -0.116. The molecule has 2 heterocycles. The number of hydrogen-bond donors (Lipinski definition) is 1. The molecule has 1 aromatic rings. The molecule has 20 heavy (non-hydrogen) atoms. The maximum atomic E-state index is 12.2. The Balaban J connectivity index is 1.95. The van der Waals surface area contributed by atoms with Gasteiger partial charge in [-0.25, -0.2) is 4.98 Å². The van der Waals surface area contributed by atoms with E-state index >= 15 is 0 Å². The molecule has 0 bridgehead atoms. The second-order valence-electron chi connectivity index (χ2n) is 5.78. The molecule has 0 radical (unpaired) electrons. The lowest BCUT2D eigenvalue weighted by molar-refractivity contribution is -0.132. The fourth-order valence-corrected chi connectivity index (χ4v) is 2.69. The SMILES string of the molecule is Cc1nc(C)c(CCC(=O)N2CCC(C)CC2)c(=O)[nH]1. The van der Waals surface area contributed by atoms with Gasteiger partial charge in [-0.05, 0) is 39.0 Å². The van der Waals surface area contributed by atoms with Crippen molar-refractivity contribution in [2.75, 3.05) is 13.1 Å². The zero-order valence-corrected chi connectivity index (χ0v) is 12.5.